The highest BCUT2D eigenvalue weighted by Crippen LogP contribution is 2.19. The summed E-state index contributed by atoms with van der Waals surface area (Å²) in [6, 6.07) is 8.65. The summed E-state index contributed by atoms with van der Waals surface area (Å²) in [5, 5.41) is 7.31. The fourth-order valence-electron chi connectivity index (χ4n) is 1.82. The number of nitrogens with one attached hydrogen (secondary N) is 1. The minimum atomic E-state index is 0.303. The summed E-state index contributed by atoms with van der Waals surface area (Å²) < 4.78 is 6.04. The van der Waals surface area contributed by atoms with Crippen LogP contribution in [0.15, 0.2) is 33.3 Å². The van der Waals surface area contributed by atoms with Crippen molar-refractivity contribution < 1.29 is 4.52 Å². The molecule has 0 bridgehead atoms. The van der Waals surface area contributed by atoms with Gasteiger partial charge in [0, 0.05) is 17.4 Å². The number of hydrogen-bond donors (Lipinski definition) is 1. The van der Waals surface area contributed by atoms with Gasteiger partial charge in [0.25, 0.3) is 0 Å². The molecule has 0 saturated heterocycles. The van der Waals surface area contributed by atoms with Gasteiger partial charge in [-0.3, -0.25) is 0 Å². The Labute approximate surface area is 115 Å². The summed E-state index contributed by atoms with van der Waals surface area (Å²) >= 11 is 3.44. The normalized spacial score (nSPS) is 12.6. The molecule has 0 fully saturated rings. The highest BCUT2D eigenvalue weighted by Gasteiger charge is 2.10. The Morgan fingerprint density at radius 1 is 1.33 bits per heavy atom. The van der Waals surface area contributed by atoms with Crippen LogP contribution in [0, 0.1) is 6.92 Å². The van der Waals surface area contributed by atoms with Crippen molar-refractivity contribution in [2.75, 3.05) is 0 Å². The largest absolute Gasteiger partial charge is 0.340 e. The maximum Gasteiger partial charge on any atom is 0.223 e. The fourth-order valence-corrected chi connectivity index (χ4v) is 2.08. The number of rotatable bonds is 5. The van der Waals surface area contributed by atoms with E-state index in [0.717, 1.165) is 10.9 Å². The van der Waals surface area contributed by atoms with Crippen molar-refractivity contribution in [3.05, 3.63) is 46.0 Å². The van der Waals surface area contributed by atoms with Gasteiger partial charge in [0.1, 0.15) is 0 Å². The number of halogens is 1. The lowest BCUT2D eigenvalue weighted by Gasteiger charge is -2.16. The average Bonchev–Trinajstić information content (AvgIpc) is 2.78. The SMILES string of the molecule is CCC(NCc1noc(C)n1)c1ccc(Br)cc1. The predicted octanol–water partition coefficient (Wildman–Crippen LogP) is 3.38. The molecule has 2 rings (SSSR count). The van der Waals surface area contributed by atoms with Gasteiger partial charge in [0.15, 0.2) is 5.82 Å². The van der Waals surface area contributed by atoms with E-state index >= 15 is 0 Å². The number of nitrogens with zero attached hydrogens (tertiary/aromatic N) is 2. The molecule has 18 heavy (non-hydrogen) atoms. The molecular weight excluding hydrogens is 294 g/mol. The van der Waals surface area contributed by atoms with Crippen LogP contribution in [0.1, 0.15) is 36.7 Å². The first-order valence-electron chi connectivity index (χ1n) is 5.97. The van der Waals surface area contributed by atoms with Gasteiger partial charge in [-0.25, -0.2) is 0 Å². The quantitative estimate of drug-likeness (QED) is 0.920. The van der Waals surface area contributed by atoms with Crippen molar-refractivity contribution in [2.45, 2.75) is 32.9 Å². The van der Waals surface area contributed by atoms with Crippen molar-refractivity contribution in [3.63, 3.8) is 0 Å². The van der Waals surface area contributed by atoms with Crippen LogP contribution < -0.4 is 5.32 Å². The molecule has 1 unspecified atom stereocenters. The van der Waals surface area contributed by atoms with Gasteiger partial charge in [0.2, 0.25) is 5.89 Å². The standard InChI is InChI=1S/C13H16BrN3O/c1-3-12(10-4-6-11(14)7-5-10)15-8-13-16-9(2)18-17-13/h4-7,12,15H,3,8H2,1-2H3. The summed E-state index contributed by atoms with van der Waals surface area (Å²) in [6.07, 6.45) is 1.01. The molecule has 2 aromatic rings. The zero-order valence-corrected chi connectivity index (χ0v) is 12.1. The van der Waals surface area contributed by atoms with Crippen LogP contribution in [0.25, 0.3) is 0 Å². The van der Waals surface area contributed by atoms with Crippen molar-refractivity contribution in [1.29, 1.82) is 0 Å². The molecule has 1 aromatic heterocycles. The van der Waals surface area contributed by atoms with E-state index in [1.165, 1.54) is 5.56 Å². The monoisotopic (exact) mass is 309 g/mol. The van der Waals surface area contributed by atoms with Crippen molar-refractivity contribution >= 4 is 15.9 Å². The van der Waals surface area contributed by atoms with E-state index in [1.54, 1.807) is 6.92 Å². The van der Waals surface area contributed by atoms with Crippen LogP contribution in [-0.2, 0) is 6.54 Å². The third kappa shape index (κ3) is 3.40. The Morgan fingerprint density at radius 2 is 2.06 bits per heavy atom. The molecular formula is C13H16BrN3O. The van der Waals surface area contributed by atoms with Crippen LogP contribution in [0.4, 0.5) is 0 Å². The molecule has 0 spiro atoms. The topological polar surface area (TPSA) is 51.0 Å². The number of hydrogen-bond acceptors (Lipinski definition) is 4. The molecule has 1 heterocycles. The van der Waals surface area contributed by atoms with Gasteiger partial charge in [-0.15, -0.1) is 0 Å². The predicted molar refractivity (Wildman–Crippen MR) is 73.0 cm³/mol. The maximum atomic E-state index is 4.94. The number of aryl methyl sites for hydroxylation is 1. The molecule has 5 heteroatoms. The lowest BCUT2D eigenvalue weighted by Crippen LogP contribution is -2.20. The zero-order valence-electron chi connectivity index (χ0n) is 10.5. The molecule has 0 aliphatic heterocycles. The first-order chi connectivity index (χ1) is 8.69. The molecule has 0 aliphatic rings. The van der Waals surface area contributed by atoms with Gasteiger partial charge in [0.05, 0.1) is 6.54 Å². The zero-order chi connectivity index (χ0) is 13.0. The van der Waals surface area contributed by atoms with Crippen molar-refractivity contribution in [2.24, 2.45) is 0 Å². The van der Waals surface area contributed by atoms with Crippen molar-refractivity contribution in [3.8, 4) is 0 Å². The van der Waals surface area contributed by atoms with E-state index in [1.807, 2.05) is 0 Å². The van der Waals surface area contributed by atoms with Gasteiger partial charge in [-0.2, -0.15) is 4.98 Å². The summed E-state index contributed by atoms with van der Waals surface area (Å²) in [6.45, 7) is 4.57. The van der Waals surface area contributed by atoms with Crippen LogP contribution in [0.5, 0.6) is 0 Å². The highest BCUT2D eigenvalue weighted by molar-refractivity contribution is 9.10. The van der Waals surface area contributed by atoms with Gasteiger partial charge in [-0.1, -0.05) is 40.1 Å². The molecule has 0 amide bonds. The minimum absolute atomic E-state index is 0.303. The summed E-state index contributed by atoms with van der Waals surface area (Å²) in [5.41, 5.74) is 1.26. The molecule has 0 aliphatic carbocycles. The fraction of sp³-hybridized carbons (Fsp3) is 0.385. The smallest absolute Gasteiger partial charge is 0.223 e. The van der Waals surface area contributed by atoms with Crippen LogP contribution in [-0.4, -0.2) is 10.1 Å². The van der Waals surface area contributed by atoms with Crippen LogP contribution in [0.3, 0.4) is 0 Å². The molecule has 1 atom stereocenters. The second kappa shape index (κ2) is 6.11. The Balaban J connectivity index is 1.99. The molecule has 4 nitrogen and oxygen atoms in total. The molecule has 0 saturated carbocycles. The number of aromatic nitrogens is 2. The maximum absolute atomic E-state index is 4.94. The van der Waals surface area contributed by atoms with Crippen LogP contribution >= 0.6 is 15.9 Å². The summed E-state index contributed by atoms with van der Waals surface area (Å²) in [5.74, 6) is 1.30. The van der Waals surface area contributed by atoms with Crippen molar-refractivity contribution in [1.82, 2.24) is 15.5 Å². The Bertz CT molecular complexity index is 495. The second-order valence-electron chi connectivity index (χ2n) is 4.12. The van der Waals surface area contributed by atoms with E-state index in [0.29, 0.717) is 24.3 Å². The second-order valence-corrected chi connectivity index (χ2v) is 5.04. The third-order valence-electron chi connectivity index (χ3n) is 2.76. The first-order valence-corrected chi connectivity index (χ1v) is 6.76. The highest BCUT2D eigenvalue weighted by atomic mass is 79.9. The average molecular weight is 310 g/mol. The van der Waals surface area contributed by atoms with E-state index in [-0.39, 0.29) is 0 Å². The molecule has 96 valence electrons. The van der Waals surface area contributed by atoms with E-state index in [2.05, 4.69) is 62.6 Å². The third-order valence-corrected chi connectivity index (χ3v) is 3.29. The van der Waals surface area contributed by atoms with Crippen LogP contribution in [0.2, 0.25) is 0 Å². The van der Waals surface area contributed by atoms with Gasteiger partial charge in [-0.05, 0) is 24.1 Å². The lowest BCUT2D eigenvalue weighted by atomic mass is 10.0. The molecule has 0 radical (unpaired) electrons. The summed E-state index contributed by atoms with van der Waals surface area (Å²) in [4.78, 5) is 4.18. The Morgan fingerprint density at radius 3 is 2.61 bits per heavy atom. The van der Waals surface area contributed by atoms with Gasteiger partial charge >= 0.3 is 0 Å². The summed E-state index contributed by atoms with van der Waals surface area (Å²) in [7, 11) is 0. The molecule has 1 N–H and O–H groups in total. The minimum Gasteiger partial charge on any atom is -0.340 e. The van der Waals surface area contributed by atoms with E-state index in [9.17, 15) is 0 Å². The van der Waals surface area contributed by atoms with Gasteiger partial charge < -0.3 is 9.84 Å². The number of benzene rings is 1. The Hall–Kier alpha value is -1.20. The van der Waals surface area contributed by atoms with E-state index < -0.39 is 0 Å². The lowest BCUT2D eigenvalue weighted by molar-refractivity contribution is 0.383. The molecule has 1 aromatic carbocycles. The van der Waals surface area contributed by atoms with E-state index in [4.69, 9.17) is 4.52 Å². The first kappa shape index (κ1) is 13.2. The Kier molecular flexibility index (Phi) is 4.49.